The van der Waals surface area contributed by atoms with Crippen LogP contribution in [0.5, 0.6) is 0 Å². The molecule has 0 atom stereocenters. The lowest BCUT2D eigenvalue weighted by molar-refractivity contribution is -0.121. The molecule has 0 unspecified atom stereocenters. The first-order valence-corrected chi connectivity index (χ1v) is 13.8. The molecule has 2 aliphatic heterocycles. The molecule has 0 spiro atoms. The first-order chi connectivity index (χ1) is 16.0. The third-order valence-electron chi connectivity index (χ3n) is 6.63. The Balaban J connectivity index is 1.23. The number of piperidine rings is 2. The highest BCUT2D eigenvalue weighted by atomic mass is 32.2. The van der Waals surface area contributed by atoms with Crippen LogP contribution in [0, 0.1) is 0 Å². The second-order valence-electron chi connectivity index (χ2n) is 9.14. The molecule has 1 aromatic carbocycles. The number of carbonyl (C=O) groups excluding carboxylic acids is 1. The summed E-state index contributed by atoms with van der Waals surface area (Å²) >= 11 is 0. The molecule has 9 nitrogen and oxygen atoms in total. The average molecular weight is 477 g/mol. The van der Waals surface area contributed by atoms with Gasteiger partial charge in [-0.3, -0.25) is 4.79 Å². The molecule has 0 bridgehead atoms. The number of nitrogens with one attached hydrogen (secondary N) is 1. The van der Waals surface area contributed by atoms with E-state index in [0.717, 1.165) is 44.3 Å². The van der Waals surface area contributed by atoms with Crippen molar-refractivity contribution in [3.8, 4) is 0 Å². The van der Waals surface area contributed by atoms with Crippen LogP contribution in [-0.4, -0.2) is 77.8 Å². The fourth-order valence-electron chi connectivity index (χ4n) is 4.72. The topological polar surface area (TPSA) is 100 Å². The number of aromatic nitrogens is 3. The Bertz CT molecular complexity index is 1030. The van der Waals surface area contributed by atoms with Crippen molar-refractivity contribution in [2.75, 3.05) is 39.3 Å². The van der Waals surface area contributed by atoms with Crippen LogP contribution in [0.2, 0.25) is 0 Å². The molecule has 33 heavy (non-hydrogen) atoms. The Morgan fingerprint density at radius 2 is 1.67 bits per heavy atom. The summed E-state index contributed by atoms with van der Waals surface area (Å²) in [5.41, 5.74) is 1.35. The number of hydrogen-bond donors (Lipinski definition) is 1. The monoisotopic (exact) mass is 476 g/mol. The predicted molar refractivity (Wildman–Crippen MR) is 127 cm³/mol. The van der Waals surface area contributed by atoms with E-state index >= 15 is 0 Å². The number of sulfonamides is 1. The number of nitrogens with zero attached hydrogens (tertiary/aromatic N) is 5. The number of hydrogen-bond acceptors (Lipinski definition) is 6. The zero-order chi connectivity index (χ0) is 23.1. The highest BCUT2D eigenvalue weighted by molar-refractivity contribution is 7.89. The van der Waals surface area contributed by atoms with E-state index in [4.69, 9.17) is 0 Å². The Morgan fingerprint density at radius 1 is 0.939 bits per heavy atom. The molecule has 0 saturated carbocycles. The molecular weight excluding hydrogens is 440 g/mol. The van der Waals surface area contributed by atoms with Gasteiger partial charge >= 0.3 is 0 Å². The van der Waals surface area contributed by atoms with Crippen LogP contribution < -0.4 is 5.32 Å². The number of fused-ring (bicyclic) bond motifs is 1. The van der Waals surface area contributed by atoms with Crippen molar-refractivity contribution in [2.45, 2.75) is 69.2 Å². The van der Waals surface area contributed by atoms with E-state index < -0.39 is 10.0 Å². The zero-order valence-corrected chi connectivity index (χ0v) is 20.2. The van der Waals surface area contributed by atoms with Crippen LogP contribution in [0.25, 0.3) is 11.0 Å². The van der Waals surface area contributed by atoms with E-state index in [9.17, 15) is 13.2 Å². The van der Waals surface area contributed by atoms with Gasteiger partial charge in [0.1, 0.15) is 5.52 Å². The second-order valence-corrected chi connectivity index (χ2v) is 11.1. The van der Waals surface area contributed by atoms with Gasteiger partial charge in [-0.2, -0.15) is 4.31 Å². The molecule has 0 aliphatic carbocycles. The van der Waals surface area contributed by atoms with Gasteiger partial charge in [-0.15, -0.1) is 5.10 Å². The van der Waals surface area contributed by atoms with Crippen molar-refractivity contribution in [1.29, 1.82) is 0 Å². The first-order valence-electron chi connectivity index (χ1n) is 12.4. The molecule has 182 valence electrons. The fraction of sp³-hybridized carbons (Fsp3) is 0.696. The Morgan fingerprint density at radius 3 is 2.42 bits per heavy atom. The molecule has 3 heterocycles. The van der Waals surface area contributed by atoms with Gasteiger partial charge in [0.15, 0.2) is 0 Å². The Kier molecular flexibility index (Phi) is 8.32. The lowest BCUT2D eigenvalue weighted by atomic mass is 10.1. The summed E-state index contributed by atoms with van der Waals surface area (Å²) in [7, 11) is -3.49. The lowest BCUT2D eigenvalue weighted by Crippen LogP contribution is -2.35. The van der Waals surface area contributed by atoms with Gasteiger partial charge in [0.05, 0.1) is 10.4 Å². The molecule has 1 N–H and O–H groups in total. The van der Waals surface area contributed by atoms with Gasteiger partial charge in [0, 0.05) is 32.6 Å². The van der Waals surface area contributed by atoms with Crippen LogP contribution in [0.4, 0.5) is 0 Å². The summed E-state index contributed by atoms with van der Waals surface area (Å²) in [5, 5.41) is 11.4. The maximum absolute atomic E-state index is 12.9. The standard InChI is InChI=1S/C23H36N6O3S/c30-23(24-12-8-15-27-13-3-1-4-14-27)9-7-18-29-22-11-10-20(19-21(22)25-26-29)33(31,32)28-16-5-2-6-17-28/h10-11,19H,1-9,12-18H2,(H,24,30). The summed E-state index contributed by atoms with van der Waals surface area (Å²) in [6.45, 7) is 5.87. The molecular formula is C23H36N6O3S. The van der Waals surface area contributed by atoms with Gasteiger partial charge in [-0.25, -0.2) is 13.1 Å². The molecule has 2 fully saturated rings. The second kappa shape index (κ2) is 11.4. The van der Waals surface area contributed by atoms with Crippen molar-refractivity contribution >= 4 is 27.0 Å². The Labute approximate surface area is 196 Å². The van der Waals surface area contributed by atoms with Gasteiger partial charge in [0.2, 0.25) is 15.9 Å². The molecule has 2 aromatic rings. The largest absolute Gasteiger partial charge is 0.356 e. The van der Waals surface area contributed by atoms with E-state index in [1.807, 2.05) is 0 Å². The highest BCUT2D eigenvalue weighted by Gasteiger charge is 2.26. The minimum atomic E-state index is -3.49. The predicted octanol–water partition coefficient (Wildman–Crippen LogP) is 2.38. The summed E-state index contributed by atoms with van der Waals surface area (Å²) in [6, 6.07) is 5.02. The highest BCUT2D eigenvalue weighted by Crippen LogP contribution is 2.23. The molecule has 4 rings (SSSR count). The number of carbonyl (C=O) groups is 1. The minimum Gasteiger partial charge on any atom is -0.356 e. The summed E-state index contributed by atoms with van der Waals surface area (Å²) in [5.74, 6) is 0.0629. The van der Waals surface area contributed by atoms with Crippen LogP contribution in [-0.2, 0) is 21.4 Å². The van der Waals surface area contributed by atoms with Crippen molar-refractivity contribution in [2.24, 2.45) is 0 Å². The van der Waals surface area contributed by atoms with Gasteiger partial charge < -0.3 is 10.2 Å². The van der Waals surface area contributed by atoms with E-state index in [2.05, 4.69) is 20.5 Å². The van der Waals surface area contributed by atoms with Gasteiger partial charge in [-0.05, 0) is 76.4 Å². The number of amides is 1. The number of benzene rings is 1. The Hall–Kier alpha value is -2.04. The van der Waals surface area contributed by atoms with Crippen LogP contribution in [0.3, 0.4) is 0 Å². The van der Waals surface area contributed by atoms with Crippen molar-refractivity contribution < 1.29 is 13.2 Å². The lowest BCUT2D eigenvalue weighted by Gasteiger charge is -2.26. The molecule has 2 aliphatic rings. The SMILES string of the molecule is O=C(CCCn1nnc2cc(S(=O)(=O)N3CCCCC3)ccc21)NCCCN1CCCCC1. The molecule has 2 saturated heterocycles. The molecule has 1 aromatic heterocycles. The minimum absolute atomic E-state index is 0.0629. The normalized spacial score (nSPS) is 18.5. The van der Waals surface area contributed by atoms with Crippen molar-refractivity contribution in [3.05, 3.63) is 18.2 Å². The van der Waals surface area contributed by atoms with Crippen molar-refractivity contribution in [3.63, 3.8) is 0 Å². The zero-order valence-electron chi connectivity index (χ0n) is 19.4. The molecule has 10 heteroatoms. The quantitative estimate of drug-likeness (QED) is 0.529. The summed E-state index contributed by atoms with van der Waals surface area (Å²) in [6.07, 6.45) is 8.90. The fourth-order valence-corrected chi connectivity index (χ4v) is 6.26. The third-order valence-corrected chi connectivity index (χ3v) is 8.53. The van der Waals surface area contributed by atoms with Crippen LogP contribution in [0.1, 0.15) is 57.8 Å². The first kappa shape index (κ1) is 24.1. The number of aryl methyl sites for hydroxylation is 1. The number of likely N-dealkylation sites (tertiary alicyclic amines) is 1. The van der Waals surface area contributed by atoms with E-state index in [-0.39, 0.29) is 10.8 Å². The average Bonchev–Trinajstić information content (AvgIpc) is 3.25. The maximum atomic E-state index is 12.9. The molecule has 0 radical (unpaired) electrons. The van der Waals surface area contributed by atoms with E-state index in [1.165, 1.54) is 32.4 Å². The van der Waals surface area contributed by atoms with E-state index in [1.54, 1.807) is 27.2 Å². The summed E-state index contributed by atoms with van der Waals surface area (Å²) < 4.78 is 29.1. The van der Waals surface area contributed by atoms with Crippen LogP contribution >= 0.6 is 0 Å². The van der Waals surface area contributed by atoms with Crippen LogP contribution in [0.15, 0.2) is 23.1 Å². The van der Waals surface area contributed by atoms with E-state index in [0.29, 0.717) is 38.0 Å². The number of rotatable bonds is 10. The van der Waals surface area contributed by atoms with Crippen molar-refractivity contribution in [1.82, 2.24) is 29.5 Å². The third kappa shape index (κ3) is 6.30. The summed E-state index contributed by atoms with van der Waals surface area (Å²) in [4.78, 5) is 14.9. The maximum Gasteiger partial charge on any atom is 0.243 e. The smallest absolute Gasteiger partial charge is 0.243 e. The molecule has 1 amide bonds. The van der Waals surface area contributed by atoms with Gasteiger partial charge in [-0.1, -0.05) is 18.1 Å². The van der Waals surface area contributed by atoms with Gasteiger partial charge in [0.25, 0.3) is 0 Å².